The first-order chi connectivity index (χ1) is 12.2. The highest BCUT2D eigenvalue weighted by atomic mass is 16.3. The summed E-state index contributed by atoms with van der Waals surface area (Å²) < 4.78 is 0. The van der Waals surface area contributed by atoms with Gasteiger partial charge in [-0.3, -0.25) is 9.59 Å². The van der Waals surface area contributed by atoms with Crippen LogP contribution in [-0.2, 0) is 11.3 Å². The second-order valence-electron chi connectivity index (χ2n) is 6.10. The third kappa shape index (κ3) is 3.49. The van der Waals surface area contributed by atoms with Crippen molar-refractivity contribution in [2.75, 3.05) is 6.54 Å². The predicted molar refractivity (Wildman–Crippen MR) is 98.3 cm³/mol. The number of nitrogens with one attached hydrogen (secondary N) is 2. The topological polar surface area (TPSA) is 134 Å². The number of amides is 2. The van der Waals surface area contributed by atoms with Gasteiger partial charge in [-0.1, -0.05) is 19.2 Å². The fraction of sp³-hybridized carbons (Fsp3) is 0.222. The zero-order valence-corrected chi connectivity index (χ0v) is 14.6. The van der Waals surface area contributed by atoms with E-state index in [2.05, 4.69) is 23.8 Å². The van der Waals surface area contributed by atoms with Crippen molar-refractivity contribution < 1.29 is 14.7 Å². The van der Waals surface area contributed by atoms with Crippen LogP contribution < -0.4 is 22.1 Å². The summed E-state index contributed by atoms with van der Waals surface area (Å²) in [7, 11) is 0. The molecule has 0 spiro atoms. The minimum Gasteiger partial charge on any atom is -0.508 e. The fourth-order valence-electron chi connectivity index (χ4n) is 2.92. The molecule has 1 unspecified atom stereocenters. The molecule has 7 N–H and O–H groups in total. The van der Waals surface area contributed by atoms with E-state index in [0.29, 0.717) is 17.8 Å². The molecular formula is C18H23N5O3. The predicted octanol–water partition coefficient (Wildman–Crippen LogP) is 0.228. The number of benzene rings is 1. The van der Waals surface area contributed by atoms with Crippen LogP contribution in [0.15, 0.2) is 55.2 Å². The van der Waals surface area contributed by atoms with Crippen LogP contribution in [0, 0.1) is 0 Å². The number of rotatable bonds is 7. The van der Waals surface area contributed by atoms with Crippen molar-refractivity contribution in [3.63, 3.8) is 0 Å². The molecule has 0 saturated heterocycles. The number of phenols is 1. The SMILES string of the molecule is C=C(N)C(CN1Cc2ccc(O)cc2C1=O)(NC(C)=O)C(=C)N/C=C\N. The van der Waals surface area contributed by atoms with Crippen LogP contribution in [0.3, 0.4) is 0 Å². The average molecular weight is 357 g/mol. The third-order valence-electron chi connectivity index (χ3n) is 4.21. The molecule has 138 valence electrons. The van der Waals surface area contributed by atoms with Crippen molar-refractivity contribution in [2.24, 2.45) is 11.5 Å². The van der Waals surface area contributed by atoms with Gasteiger partial charge in [-0.25, -0.2) is 0 Å². The molecule has 1 aromatic carbocycles. The van der Waals surface area contributed by atoms with Gasteiger partial charge in [-0.15, -0.1) is 0 Å². The lowest BCUT2D eigenvalue weighted by Crippen LogP contribution is -2.60. The van der Waals surface area contributed by atoms with Crippen molar-refractivity contribution in [3.05, 3.63) is 66.3 Å². The lowest BCUT2D eigenvalue weighted by Gasteiger charge is -2.39. The molecule has 1 aliphatic rings. The number of phenolic OH excluding ortho intramolecular Hbond substituents is 1. The Morgan fingerprint density at radius 1 is 1.46 bits per heavy atom. The smallest absolute Gasteiger partial charge is 0.254 e. The van der Waals surface area contributed by atoms with Gasteiger partial charge in [-0.05, 0) is 17.7 Å². The highest BCUT2D eigenvalue weighted by Gasteiger charge is 2.41. The van der Waals surface area contributed by atoms with Crippen molar-refractivity contribution in [1.29, 1.82) is 0 Å². The molecule has 0 fully saturated rings. The van der Waals surface area contributed by atoms with Gasteiger partial charge in [0.1, 0.15) is 11.3 Å². The molecule has 2 amide bonds. The quantitative estimate of drug-likeness (QED) is 0.474. The van der Waals surface area contributed by atoms with Gasteiger partial charge >= 0.3 is 0 Å². The molecule has 1 atom stereocenters. The van der Waals surface area contributed by atoms with Crippen LogP contribution in [0.5, 0.6) is 5.75 Å². The summed E-state index contributed by atoms with van der Waals surface area (Å²) in [5.74, 6) is -0.637. The Balaban J connectivity index is 2.38. The summed E-state index contributed by atoms with van der Waals surface area (Å²) in [6, 6.07) is 4.62. The standard InChI is InChI=1S/C18H23N5O3/c1-11(20)18(22-13(3)24,12(2)21-7-6-19)10-23-9-14-4-5-15(25)8-16(14)17(23)26/h4-8,21,25H,1-2,9-10,19-20H2,3H3,(H,22,24)/b7-6-. The van der Waals surface area contributed by atoms with Gasteiger partial charge in [0.05, 0.1) is 6.54 Å². The summed E-state index contributed by atoms with van der Waals surface area (Å²) in [6.45, 7) is 9.35. The van der Waals surface area contributed by atoms with E-state index in [1.54, 1.807) is 6.07 Å². The maximum absolute atomic E-state index is 12.7. The minimum absolute atomic E-state index is 0.00877. The molecule has 26 heavy (non-hydrogen) atoms. The van der Waals surface area contributed by atoms with Gasteiger partial charge in [0.15, 0.2) is 0 Å². The van der Waals surface area contributed by atoms with Crippen LogP contribution >= 0.6 is 0 Å². The molecule has 8 heteroatoms. The first-order valence-electron chi connectivity index (χ1n) is 7.88. The molecule has 1 heterocycles. The van der Waals surface area contributed by atoms with E-state index in [1.807, 2.05) is 0 Å². The Hall–Kier alpha value is -3.42. The molecule has 0 aliphatic carbocycles. The van der Waals surface area contributed by atoms with Gasteiger partial charge in [0.2, 0.25) is 5.91 Å². The van der Waals surface area contributed by atoms with Gasteiger partial charge in [0, 0.05) is 42.8 Å². The number of hydrogen-bond donors (Lipinski definition) is 5. The Labute approximate surface area is 151 Å². The first-order valence-corrected chi connectivity index (χ1v) is 7.88. The number of carbonyl (C=O) groups is 2. The van der Waals surface area contributed by atoms with Crippen molar-refractivity contribution in [3.8, 4) is 5.75 Å². The average Bonchev–Trinajstić information content (AvgIpc) is 2.87. The van der Waals surface area contributed by atoms with Gasteiger partial charge in [-0.2, -0.15) is 0 Å². The first kappa shape index (κ1) is 18.9. The monoisotopic (exact) mass is 357 g/mol. The number of nitrogens with zero attached hydrogens (tertiary/aromatic N) is 1. The Bertz CT molecular complexity index is 802. The zero-order chi connectivity index (χ0) is 19.5. The molecule has 1 aliphatic heterocycles. The second-order valence-corrected chi connectivity index (χ2v) is 6.10. The molecule has 2 rings (SSSR count). The summed E-state index contributed by atoms with van der Waals surface area (Å²) in [4.78, 5) is 26.0. The Kier molecular flexibility index (Phi) is 5.25. The van der Waals surface area contributed by atoms with Gasteiger partial charge in [0.25, 0.3) is 5.91 Å². The molecule has 0 saturated carbocycles. The number of hydrogen-bond acceptors (Lipinski definition) is 6. The fourth-order valence-corrected chi connectivity index (χ4v) is 2.92. The van der Waals surface area contributed by atoms with Crippen LogP contribution in [0.4, 0.5) is 0 Å². The molecule has 0 aromatic heterocycles. The van der Waals surface area contributed by atoms with E-state index >= 15 is 0 Å². The zero-order valence-electron chi connectivity index (χ0n) is 14.6. The van der Waals surface area contributed by atoms with Crippen molar-refractivity contribution in [1.82, 2.24) is 15.5 Å². The lowest BCUT2D eigenvalue weighted by molar-refractivity contribution is -0.120. The van der Waals surface area contributed by atoms with Gasteiger partial charge < -0.3 is 32.1 Å². The van der Waals surface area contributed by atoms with E-state index in [9.17, 15) is 14.7 Å². The van der Waals surface area contributed by atoms with Crippen LogP contribution in [0.2, 0.25) is 0 Å². The van der Waals surface area contributed by atoms with E-state index in [4.69, 9.17) is 11.5 Å². The van der Waals surface area contributed by atoms with Crippen molar-refractivity contribution in [2.45, 2.75) is 19.0 Å². The molecule has 0 bridgehead atoms. The maximum atomic E-state index is 12.7. The molecule has 0 radical (unpaired) electrons. The summed E-state index contributed by atoms with van der Waals surface area (Å²) in [6.07, 6.45) is 2.70. The van der Waals surface area contributed by atoms with Crippen LogP contribution in [0.25, 0.3) is 0 Å². The summed E-state index contributed by atoms with van der Waals surface area (Å²) in [5.41, 5.74) is 11.6. The minimum atomic E-state index is -1.30. The van der Waals surface area contributed by atoms with E-state index in [1.165, 1.54) is 36.4 Å². The lowest BCUT2D eigenvalue weighted by atomic mass is 9.91. The molecular weight excluding hydrogens is 334 g/mol. The van der Waals surface area contributed by atoms with E-state index in [0.717, 1.165) is 5.56 Å². The maximum Gasteiger partial charge on any atom is 0.254 e. The van der Waals surface area contributed by atoms with Crippen molar-refractivity contribution >= 4 is 11.8 Å². The largest absolute Gasteiger partial charge is 0.508 e. The number of fused-ring (bicyclic) bond motifs is 1. The Morgan fingerprint density at radius 2 is 2.15 bits per heavy atom. The Morgan fingerprint density at radius 3 is 2.73 bits per heavy atom. The second kappa shape index (κ2) is 7.22. The molecule has 8 nitrogen and oxygen atoms in total. The molecule has 1 aromatic rings. The van der Waals surface area contributed by atoms with Crippen LogP contribution in [0.1, 0.15) is 22.8 Å². The van der Waals surface area contributed by atoms with E-state index < -0.39 is 5.54 Å². The summed E-state index contributed by atoms with van der Waals surface area (Å²) in [5, 5.41) is 15.2. The highest BCUT2D eigenvalue weighted by Crippen LogP contribution is 2.30. The normalized spacial score (nSPS) is 15.4. The third-order valence-corrected chi connectivity index (χ3v) is 4.21. The summed E-state index contributed by atoms with van der Waals surface area (Å²) >= 11 is 0. The number of nitrogens with two attached hydrogens (primary N) is 2. The number of carbonyl (C=O) groups excluding carboxylic acids is 2. The van der Waals surface area contributed by atoms with Crippen LogP contribution in [-0.4, -0.2) is 33.9 Å². The highest BCUT2D eigenvalue weighted by molar-refractivity contribution is 5.99. The van der Waals surface area contributed by atoms with E-state index in [-0.39, 0.29) is 29.8 Å². The number of aromatic hydroxyl groups is 1.